The molecule has 0 aromatic heterocycles. The van der Waals surface area contributed by atoms with Gasteiger partial charge < -0.3 is 10.6 Å². The molecule has 4 aliphatic rings. The summed E-state index contributed by atoms with van der Waals surface area (Å²) in [6, 6.07) is 26.9. The fourth-order valence-corrected chi connectivity index (χ4v) is 8.21. The number of hydrogen-bond donors (Lipinski definition) is 2. The number of carbonyl (C=O) groups excluding carboxylic acids is 4. The number of anilines is 2. The monoisotopic (exact) mass is 623 g/mol. The van der Waals surface area contributed by atoms with Crippen LogP contribution in [0, 0.1) is 25.7 Å². The van der Waals surface area contributed by atoms with Crippen molar-refractivity contribution < 1.29 is 19.2 Å². The van der Waals surface area contributed by atoms with E-state index in [-0.39, 0.29) is 5.91 Å². The van der Waals surface area contributed by atoms with Gasteiger partial charge in [0.15, 0.2) is 0 Å². The Morgan fingerprint density at radius 3 is 1.80 bits per heavy atom. The first-order valence-corrected chi connectivity index (χ1v) is 15.0. The molecular formula is C35H27Cl2N3O4. The van der Waals surface area contributed by atoms with E-state index < -0.39 is 45.9 Å². The molecule has 3 aliphatic carbocycles. The lowest BCUT2D eigenvalue weighted by atomic mass is 9.54. The van der Waals surface area contributed by atoms with Crippen LogP contribution in [0.3, 0.4) is 0 Å². The van der Waals surface area contributed by atoms with Gasteiger partial charge in [0.05, 0.1) is 11.8 Å². The second kappa shape index (κ2) is 10.0. The standard InChI is InChI=1S/C35H27Cl2N3O4/c1-19-14-15-27(20(2)16-19)39-31(42)21-8-7-9-22(17-21)38-28(41)18-40-32(43)29-30(33(40)44)35(37)24-11-4-3-10-23(24)34(29,36)25-12-5-6-13-26(25)35/h3-17,29-30H,18H2,1-2H3,(H,38,41)(H,39,42)/t29-,30-,34?,35?/m0/s1. The van der Waals surface area contributed by atoms with Crippen LogP contribution >= 0.6 is 23.2 Å². The Kier molecular flexibility index (Phi) is 6.46. The first kappa shape index (κ1) is 28.3. The summed E-state index contributed by atoms with van der Waals surface area (Å²) < 4.78 is 0. The minimum atomic E-state index is -1.32. The third kappa shape index (κ3) is 3.96. The molecule has 2 bridgehead atoms. The predicted octanol–water partition coefficient (Wildman–Crippen LogP) is 6.09. The van der Waals surface area contributed by atoms with Crippen molar-refractivity contribution in [1.29, 1.82) is 0 Å². The van der Waals surface area contributed by atoms with Gasteiger partial charge in [0.1, 0.15) is 16.3 Å². The summed E-state index contributed by atoms with van der Waals surface area (Å²) >= 11 is 14.9. The number of likely N-dealkylation sites (tertiary alicyclic amines) is 1. The Bertz CT molecular complexity index is 1800. The van der Waals surface area contributed by atoms with Crippen LogP contribution in [0.1, 0.15) is 43.7 Å². The number of hydrogen-bond acceptors (Lipinski definition) is 4. The molecule has 0 saturated carbocycles. The molecule has 4 amide bonds. The van der Waals surface area contributed by atoms with E-state index in [9.17, 15) is 19.2 Å². The maximum absolute atomic E-state index is 14.0. The van der Waals surface area contributed by atoms with Crippen molar-refractivity contribution in [3.63, 3.8) is 0 Å². The maximum Gasteiger partial charge on any atom is 0.255 e. The van der Waals surface area contributed by atoms with Gasteiger partial charge in [0.2, 0.25) is 17.7 Å². The van der Waals surface area contributed by atoms with Gasteiger partial charge >= 0.3 is 0 Å². The molecule has 0 unspecified atom stereocenters. The molecule has 220 valence electrons. The topological polar surface area (TPSA) is 95.6 Å². The zero-order valence-corrected chi connectivity index (χ0v) is 25.4. The van der Waals surface area contributed by atoms with Crippen LogP contribution in [0.4, 0.5) is 11.4 Å². The lowest BCUT2D eigenvalue weighted by molar-refractivity contribution is -0.142. The maximum atomic E-state index is 14.0. The first-order chi connectivity index (χ1) is 21.0. The zero-order valence-electron chi connectivity index (χ0n) is 23.9. The van der Waals surface area contributed by atoms with Crippen molar-refractivity contribution >= 4 is 58.2 Å². The Morgan fingerprint density at radius 1 is 0.727 bits per heavy atom. The van der Waals surface area contributed by atoms with Crippen molar-refractivity contribution in [1.82, 2.24) is 4.90 Å². The van der Waals surface area contributed by atoms with E-state index in [0.717, 1.165) is 16.0 Å². The number of nitrogens with zero attached hydrogens (tertiary/aromatic N) is 1. The molecule has 2 atom stereocenters. The molecular weight excluding hydrogens is 597 g/mol. The number of rotatable bonds is 5. The quantitative estimate of drug-likeness (QED) is 0.208. The number of halogens is 2. The van der Waals surface area contributed by atoms with E-state index in [2.05, 4.69) is 10.6 Å². The fourth-order valence-electron chi connectivity index (χ4n) is 7.11. The van der Waals surface area contributed by atoms with Crippen LogP contribution < -0.4 is 10.6 Å². The van der Waals surface area contributed by atoms with Crippen LogP contribution in [0.5, 0.6) is 0 Å². The van der Waals surface area contributed by atoms with E-state index >= 15 is 0 Å². The summed E-state index contributed by atoms with van der Waals surface area (Å²) in [6.45, 7) is 3.37. The molecule has 7 nitrogen and oxygen atoms in total. The Morgan fingerprint density at radius 2 is 1.27 bits per heavy atom. The summed E-state index contributed by atoms with van der Waals surface area (Å²) in [5.74, 6) is -3.97. The highest BCUT2D eigenvalue weighted by Gasteiger charge is 2.73. The zero-order chi connectivity index (χ0) is 31.0. The summed E-state index contributed by atoms with van der Waals surface area (Å²) in [5, 5.41) is 5.62. The smallest absolute Gasteiger partial charge is 0.255 e. The van der Waals surface area contributed by atoms with Crippen LogP contribution in [0.2, 0.25) is 0 Å². The summed E-state index contributed by atoms with van der Waals surface area (Å²) in [4.78, 5) is 52.5. The Hall–Kier alpha value is -4.46. The summed E-state index contributed by atoms with van der Waals surface area (Å²) in [5.41, 5.74) is 6.17. The van der Waals surface area contributed by atoms with Crippen LogP contribution in [-0.4, -0.2) is 35.1 Å². The number of nitrogens with one attached hydrogen (secondary N) is 2. The molecule has 4 aromatic rings. The number of benzene rings is 4. The lowest BCUT2D eigenvalue weighted by Gasteiger charge is -2.54. The number of amides is 4. The molecule has 1 saturated heterocycles. The highest BCUT2D eigenvalue weighted by atomic mass is 35.5. The van der Waals surface area contributed by atoms with Crippen molar-refractivity contribution in [3.05, 3.63) is 130 Å². The highest BCUT2D eigenvalue weighted by molar-refractivity contribution is 6.36. The van der Waals surface area contributed by atoms with Gasteiger partial charge in [-0.15, -0.1) is 23.2 Å². The molecule has 1 aliphatic heterocycles. The average molecular weight is 625 g/mol. The summed E-state index contributed by atoms with van der Waals surface area (Å²) in [7, 11) is 0. The third-order valence-electron chi connectivity index (χ3n) is 9.02. The van der Waals surface area contributed by atoms with Crippen molar-refractivity contribution in [2.45, 2.75) is 23.6 Å². The Labute approximate surface area is 264 Å². The normalized spacial score (nSPS) is 24.4. The molecule has 4 aromatic carbocycles. The number of carbonyl (C=O) groups is 4. The van der Waals surface area contributed by atoms with Crippen LogP contribution in [-0.2, 0) is 24.1 Å². The molecule has 1 fully saturated rings. The molecule has 0 radical (unpaired) electrons. The molecule has 1 heterocycles. The van der Waals surface area contributed by atoms with Crippen molar-refractivity contribution in [2.24, 2.45) is 11.8 Å². The molecule has 2 N–H and O–H groups in total. The van der Waals surface area contributed by atoms with Gasteiger partial charge in [-0.1, -0.05) is 72.3 Å². The first-order valence-electron chi connectivity index (χ1n) is 14.3. The van der Waals surface area contributed by atoms with Gasteiger partial charge in [-0.2, -0.15) is 0 Å². The van der Waals surface area contributed by atoms with Crippen LogP contribution in [0.15, 0.2) is 91.0 Å². The van der Waals surface area contributed by atoms with Gasteiger partial charge in [0, 0.05) is 16.9 Å². The molecule has 44 heavy (non-hydrogen) atoms. The van der Waals surface area contributed by atoms with Gasteiger partial charge in [-0.05, 0) is 65.9 Å². The molecule has 9 heteroatoms. The largest absolute Gasteiger partial charge is 0.325 e. The average Bonchev–Trinajstić information content (AvgIpc) is 3.27. The van der Waals surface area contributed by atoms with E-state index in [1.807, 2.05) is 80.6 Å². The number of alkyl halides is 2. The second-order valence-electron chi connectivity index (χ2n) is 11.6. The van der Waals surface area contributed by atoms with Crippen LogP contribution in [0.25, 0.3) is 0 Å². The molecule has 8 rings (SSSR count). The SMILES string of the molecule is Cc1ccc(NC(=O)c2cccc(NC(=O)CN3C(=O)[C@@H]4[C@@H](C3=O)C3(Cl)c5ccccc5C4(Cl)c4ccccc43)c2)c(C)c1. The van der Waals surface area contributed by atoms with Gasteiger partial charge in [0.25, 0.3) is 5.91 Å². The highest BCUT2D eigenvalue weighted by Crippen LogP contribution is 2.69. The minimum Gasteiger partial charge on any atom is -0.325 e. The van der Waals surface area contributed by atoms with Gasteiger partial charge in [-0.3, -0.25) is 24.1 Å². The summed E-state index contributed by atoms with van der Waals surface area (Å²) in [6.07, 6.45) is 0. The van der Waals surface area contributed by atoms with E-state index in [0.29, 0.717) is 39.2 Å². The second-order valence-corrected chi connectivity index (χ2v) is 12.8. The van der Waals surface area contributed by atoms with E-state index in [1.54, 1.807) is 24.3 Å². The lowest BCUT2D eigenvalue weighted by Crippen LogP contribution is -2.57. The van der Waals surface area contributed by atoms with Crippen molar-refractivity contribution in [2.75, 3.05) is 17.2 Å². The Balaban J connectivity index is 1.14. The predicted molar refractivity (Wildman–Crippen MR) is 169 cm³/mol. The molecule has 0 spiro atoms. The number of aryl methyl sites for hydroxylation is 2. The van der Waals surface area contributed by atoms with E-state index in [4.69, 9.17) is 23.2 Å². The van der Waals surface area contributed by atoms with Crippen molar-refractivity contribution in [3.8, 4) is 0 Å². The van der Waals surface area contributed by atoms with Gasteiger partial charge in [-0.25, -0.2) is 0 Å². The minimum absolute atomic E-state index is 0.336. The third-order valence-corrected chi connectivity index (χ3v) is 10.3. The number of imide groups is 1. The van der Waals surface area contributed by atoms with E-state index in [1.165, 1.54) is 0 Å². The fraction of sp³-hybridized carbons (Fsp3) is 0.200.